The highest BCUT2D eigenvalue weighted by Gasteiger charge is 2.40. The van der Waals surface area contributed by atoms with Crippen LogP contribution < -0.4 is 10.6 Å². The van der Waals surface area contributed by atoms with Gasteiger partial charge in [0.25, 0.3) is 0 Å². The first-order valence-electron chi connectivity index (χ1n) is 11.0. The molecule has 2 N–H and O–H groups in total. The Balaban J connectivity index is 1.43. The molecule has 2 fully saturated rings. The number of hydrogen-bond donors (Lipinski definition) is 1. The van der Waals surface area contributed by atoms with Crippen molar-refractivity contribution in [2.75, 3.05) is 4.90 Å². The Bertz CT molecular complexity index is 1330. The molecule has 4 aromatic heterocycles. The summed E-state index contributed by atoms with van der Waals surface area (Å²) in [5.74, 6) is 1.02. The molecule has 6 rings (SSSR count). The molecule has 2 aliphatic rings. The third-order valence-corrected chi connectivity index (χ3v) is 6.86. The zero-order chi connectivity index (χ0) is 21.8. The number of aromatic nitrogens is 5. The largest absolute Gasteiger partial charge is 0.351 e. The molecule has 0 aromatic carbocycles. The third kappa shape index (κ3) is 2.97. The minimum atomic E-state index is 0.304. The summed E-state index contributed by atoms with van der Waals surface area (Å²) in [4.78, 5) is 7.32. The van der Waals surface area contributed by atoms with Crippen molar-refractivity contribution < 1.29 is 0 Å². The number of anilines is 1. The summed E-state index contributed by atoms with van der Waals surface area (Å²) in [5.41, 5.74) is 11.5. The van der Waals surface area contributed by atoms with E-state index in [0.717, 1.165) is 46.4 Å². The van der Waals surface area contributed by atoms with Gasteiger partial charge in [0.2, 0.25) is 0 Å². The smallest absolute Gasteiger partial charge is 0.129 e. The third-order valence-electron chi connectivity index (χ3n) is 6.86. The van der Waals surface area contributed by atoms with Gasteiger partial charge in [0.15, 0.2) is 0 Å². The maximum absolute atomic E-state index is 9.64. The second-order valence-corrected chi connectivity index (χ2v) is 8.94. The van der Waals surface area contributed by atoms with E-state index in [0.29, 0.717) is 23.7 Å². The van der Waals surface area contributed by atoms with E-state index < -0.39 is 0 Å². The monoisotopic (exact) mass is 424 g/mol. The lowest BCUT2D eigenvalue weighted by Crippen LogP contribution is -2.47. The molecule has 2 unspecified atom stereocenters. The normalized spacial score (nSPS) is 22.4. The topological polar surface area (TPSA) is 101 Å². The summed E-state index contributed by atoms with van der Waals surface area (Å²) in [6, 6.07) is 9.85. The second kappa shape index (κ2) is 7.18. The minimum Gasteiger partial charge on any atom is -0.351 e. The molecule has 6 heterocycles. The van der Waals surface area contributed by atoms with Crippen molar-refractivity contribution in [3.05, 3.63) is 54.7 Å². The summed E-state index contributed by atoms with van der Waals surface area (Å²) in [5, 5.41) is 18.4. The maximum atomic E-state index is 9.64. The molecule has 0 amide bonds. The molecule has 2 atom stereocenters. The number of fused-ring (bicyclic) bond motifs is 3. The van der Waals surface area contributed by atoms with Gasteiger partial charge in [0, 0.05) is 66.0 Å². The van der Waals surface area contributed by atoms with Crippen LogP contribution in [-0.2, 0) is 7.05 Å². The maximum Gasteiger partial charge on any atom is 0.129 e. The Morgan fingerprint density at radius 1 is 1.00 bits per heavy atom. The fourth-order valence-electron chi connectivity index (χ4n) is 5.44. The average Bonchev–Trinajstić information content (AvgIpc) is 3.49. The lowest BCUT2D eigenvalue weighted by molar-refractivity contribution is 0.412. The lowest BCUT2D eigenvalue weighted by Gasteiger charge is -2.38. The number of nitriles is 1. The summed E-state index contributed by atoms with van der Waals surface area (Å²) >= 11 is 0. The van der Waals surface area contributed by atoms with Gasteiger partial charge < -0.3 is 10.6 Å². The van der Waals surface area contributed by atoms with Crippen LogP contribution in [0.25, 0.3) is 27.8 Å². The van der Waals surface area contributed by atoms with E-state index in [4.69, 9.17) is 10.7 Å². The Kier molecular flexibility index (Phi) is 4.26. The number of pyridine rings is 2. The van der Waals surface area contributed by atoms with Crippen LogP contribution in [0.1, 0.15) is 31.2 Å². The first kappa shape index (κ1) is 19.0. The number of piperidine rings is 1. The number of rotatable bonds is 3. The van der Waals surface area contributed by atoms with Gasteiger partial charge in [-0.25, -0.2) is 9.50 Å². The van der Waals surface area contributed by atoms with E-state index in [-0.39, 0.29) is 0 Å². The molecule has 4 aromatic rings. The zero-order valence-electron chi connectivity index (χ0n) is 17.9. The van der Waals surface area contributed by atoms with E-state index >= 15 is 0 Å². The number of nitrogens with two attached hydrogens (primary N) is 1. The van der Waals surface area contributed by atoms with Crippen molar-refractivity contribution >= 4 is 11.3 Å². The van der Waals surface area contributed by atoms with Crippen LogP contribution in [0.3, 0.4) is 0 Å². The van der Waals surface area contributed by atoms with Gasteiger partial charge in [-0.05, 0) is 43.9 Å². The van der Waals surface area contributed by atoms with Gasteiger partial charge in [0.1, 0.15) is 11.9 Å². The van der Waals surface area contributed by atoms with Crippen molar-refractivity contribution in [3.8, 4) is 28.3 Å². The van der Waals surface area contributed by atoms with Gasteiger partial charge in [-0.1, -0.05) is 0 Å². The van der Waals surface area contributed by atoms with Gasteiger partial charge >= 0.3 is 0 Å². The highest BCUT2D eigenvalue weighted by atomic mass is 15.3. The summed E-state index contributed by atoms with van der Waals surface area (Å²) in [6.45, 7) is 0. The van der Waals surface area contributed by atoms with Crippen molar-refractivity contribution in [2.24, 2.45) is 12.8 Å². The quantitative estimate of drug-likeness (QED) is 0.542. The molecule has 2 saturated heterocycles. The van der Waals surface area contributed by atoms with E-state index in [1.165, 1.54) is 12.8 Å². The Morgan fingerprint density at radius 2 is 1.81 bits per heavy atom. The molecule has 160 valence electrons. The van der Waals surface area contributed by atoms with Crippen LogP contribution in [0.4, 0.5) is 5.82 Å². The predicted octanol–water partition coefficient (Wildman–Crippen LogP) is 3.13. The van der Waals surface area contributed by atoms with Crippen molar-refractivity contribution in [2.45, 2.75) is 43.8 Å². The molecule has 0 aliphatic carbocycles. The van der Waals surface area contributed by atoms with Gasteiger partial charge in [-0.2, -0.15) is 15.5 Å². The summed E-state index contributed by atoms with van der Waals surface area (Å²) < 4.78 is 3.55. The molecule has 0 saturated carbocycles. The summed E-state index contributed by atoms with van der Waals surface area (Å²) in [6.07, 6.45) is 13.7. The fraction of sp³-hybridized carbons (Fsp3) is 0.333. The molecule has 2 bridgehead atoms. The number of hydrogen-bond acceptors (Lipinski definition) is 6. The van der Waals surface area contributed by atoms with Crippen LogP contribution in [0.15, 0.2) is 49.2 Å². The average molecular weight is 425 g/mol. The Hall–Kier alpha value is -3.70. The van der Waals surface area contributed by atoms with Crippen LogP contribution in [0, 0.1) is 11.3 Å². The van der Waals surface area contributed by atoms with Crippen molar-refractivity contribution in [1.29, 1.82) is 5.26 Å². The highest BCUT2D eigenvalue weighted by Crippen LogP contribution is 2.39. The molecular formula is C24H24N8. The van der Waals surface area contributed by atoms with E-state index in [1.807, 2.05) is 31.8 Å². The predicted molar refractivity (Wildman–Crippen MR) is 122 cm³/mol. The molecule has 0 radical (unpaired) electrons. The van der Waals surface area contributed by atoms with Crippen LogP contribution in [-0.4, -0.2) is 42.5 Å². The van der Waals surface area contributed by atoms with Crippen molar-refractivity contribution in [1.82, 2.24) is 24.4 Å². The van der Waals surface area contributed by atoms with Crippen LogP contribution in [0.5, 0.6) is 0 Å². The van der Waals surface area contributed by atoms with E-state index in [9.17, 15) is 5.26 Å². The fourth-order valence-corrected chi connectivity index (χ4v) is 5.44. The highest BCUT2D eigenvalue weighted by molar-refractivity contribution is 5.87. The lowest BCUT2D eigenvalue weighted by atomic mass is 9.98. The SMILES string of the molecule is Cn1cc(-c2cc(-c3ccc(N4C5CCC4CC(N)C5)nc3)c3c(C#N)cnn3c2)cn1. The second-order valence-electron chi connectivity index (χ2n) is 8.94. The molecule has 8 heteroatoms. The standard InChI is InChI=1S/C24H24N8/c1-30-13-18(12-28-30)16-6-22(24-17(9-25)11-29-31(24)14-16)15-2-5-23(27-10-15)32-20-3-4-21(32)8-19(26)7-20/h2,5-6,10-14,19-21H,3-4,7-8,26H2,1H3. The van der Waals surface area contributed by atoms with Crippen molar-refractivity contribution in [3.63, 3.8) is 0 Å². The van der Waals surface area contributed by atoms with E-state index in [1.54, 1.807) is 15.4 Å². The van der Waals surface area contributed by atoms with Crippen LogP contribution >= 0.6 is 0 Å². The molecule has 32 heavy (non-hydrogen) atoms. The molecule has 2 aliphatic heterocycles. The number of aryl methyl sites for hydroxylation is 1. The van der Waals surface area contributed by atoms with Gasteiger partial charge in [0.05, 0.1) is 23.5 Å². The van der Waals surface area contributed by atoms with E-state index in [2.05, 4.69) is 39.4 Å². The minimum absolute atomic E-state index is 0.304. The Labute approximate surface area is 185 Å². The molecule has 0 spiro atoms. The first-order chi connectivity index (χ1) is 15.6. The van der Waals surface area contributed by atoms with Gasteiger partial charge in [-0.3, -0.25) is 4.68 Å². The van der Waals surface area contributed by atoms with Gasteiger partial charge in [-0.15, -0.1) is 0 Å². The molecular weight excluding hydrogens is 400 g/mol. The molecule has 8 nitrogen and oxygen atoms in total. The Morgan fingerprint density at radius 3 is 2.47 bits per heavy atom. The van der Waals surface area contributed by atoms with Crippen LogP contribution in [0.2, 0.25) is 0 Å². The number of nitrogens with zero attached hydrogens (tertiary/aromatic N) is 7. The summed E-state index contributed by atoms with van der Waals surface area (Å²) in [7, 11) is 1.90. The zero-order valence-corrected chi connectivity index (χ0v) is 17.9. The first-order valence-corrected chi connectivity index (χ1v) is 11.0.